The Kier molecular flexibility index (Phi) is 5.90. The third-order valence-electron chi connectivity index (χ3n) is 5.13. The molecule has 2 aliphatic rings. The summed E-state index contributed by atoms with van der Waals surface area (Å²) in [4.78, 5) is 14.2. The van der Waals surface area contributed by atoms with Gasteiger partial charge in [-0.1, -0.05) is 12.1 Å². The minimum absolute atomic E-state index is 0.0850. The molecule has 2 saturated heterocycles. The lowest BCUT2D eigenvalue weighted by atomic mass is 9.77. The van der Waals surface area contributed by atoms with E-state index in [0.717, 1.165) is 12.1 Å². The molecule has 0 aromatic heterocycles. The third kappa shape index (κ3) is 5.03. The first-order valence-corrected chi connectivity index (χ1v) is 9.67. The average molecular weight is 453 g/mol. The van der Waals surface area contributed by atoms with E-state index in [1.165, 1.54) is 12.1 Å². The second-order valence-corrected chi connectivity index (χ2v) is 8.81. The number of amides is 1. The van der Waals surface area contributed by atoms with E-state index in [9.17, 15) is 31.9 Å². The molecular formula is C20H24F5NO5. The maximum Gasteiger partial charge on any atom is 0.499 e. The lowest BCUT2D eigenvalue weighted by Crippen LogP contribution is -2.63. The van der Waals surface area contributed by atoms with Crippen molar-refractivity contribution in [2.45, 2.75) is 69.2 Å². The summed E-state index contributed by atoms with van der Waals surface area (Å²) in [6, 6.07) is 3.39. The number of nitrogens with zero attached hydrogens (tertiary/aromatic N) is 1. The Labute approximate surface area is 175 Å². The van der Waals surface area contributed by atoms with Crippen molar-refractivity contribution in [3.63, 3.8) is 0 Å². The first kappa shape index (κ1) is 23.5. The third-order valence-corrected chi connectivity index (χ3v) is 5.13. The van der Waals surface area contributed by atoms with Gasteiger partial charge in [0.15, 0.2) is 0 Å². The zero-order valence-corrected chi connectivity index (χ0v) is 17.2. The molecule has 3 rings (SSSR count). The number of carbonyl (C=O) groups is 1. The van der Waals surface area contributed by atoms with Crippen LogP contribution in [-0.4, -0.2) is 59.3 Å². The summed E-state index contributed by atoms with van der Waals surface area (Å²) in [5.41, 5.74) is -1.81. The van der Waals surface area contributed by atoms with Crippen LogP contribution in [0.15, 0.2) is 24.3 Å². The highest BCUT2D eigenvalue weighted by Crippen LogP contribution is 2.43. The van der Waals surface area contributed by atoms with Crippen LogP contribution in [0, 0.1) is 0 Å². The Morgan fingerprint density at radius 1 is 1.06 bits per heavy atom. The molecule has 6 nitrogen and oxygen atoms in total. The number of hydrogen-bond acceptors (Lipinski definition) is 5. The molecule has 1 aromatic carbocycles. The number of morpholine rings is 1. The Bertz CT molecular complexity index is 792. The lowest BCUT2D eigenvalue weighted by molar-refractivity contribution is -0.360. The van der Waals surface area contributed by atoms with Crippen molar-refractivity contribution < 1.29 is 46.1 Å². The van der Waals surface area contributed by atoms with Gasteiger partial charge in [-0.25, -0.2) is 4.79 Å². The van der Waals surface area contributed by atoms with Crippen LogP contribution in [-0.2, 0) is 15.1 Å². The van der Waals surface area contributed by atoms with Crippen molar-refractivity contribution in [3.8, 4) is 5.75 Å². The fourth-order valence-electron chi connectivity index (χ4n) is 3.86. The van der Waals surface area contributed by atoms with Crippen molar-refractivity contribution in [1.29, 1.82) is 0 Å². The van der Waals surface area contributed by atoms with Gasteiger partial charge in [0, 0.05) is 12.8 Å². The molecule has 1 N–H and O–H groups in total. The van der Waals surface area contributed by atoms with E-state index in [-0.39, 0.29) is 26.1 Å². The molecular weight excluding hydrogens is 429 g/mol. The van der Waals surface area contributed by atoms with Gasteiger partial charge < -0.3 is 19.3 Å². The summed E-state index contributed by atoms with van der Waals surface area (Å²) >= 11 is 0. The van der Waals surface area contributed by atoms with E-state index in [1.807, 2.05) is 0 Å². The minimum Gasteiger partial charge on any atom is -0.444 e. The fourth-order valence-corrected chi connectivity index (χ4v) is 3.86. The average Bonchev–Trinajstić information content (AvgIpc) is 2.58. The summed E-state index contributed by atoms with van der Waals surface area (Å²) in [5, 5.41) is 11.2. The lowest BCUT2D eigenvalue weighted by Gasteiger charge is -2.51. The number of alkyl halides is 5. The predicted octanol–water partition coefficient (Wildman–Crippen LogP) is 4.21. The molecule has 0 spiro atoms. The van der Waals surface area contributed by atoms with Crippen LogP contribution in [0.4, 0.5) is 26.7 Å². The predicted molar refractivity (Wildman–Crippen MR) is 97.7 cm³/mol. The van der Waals surface area contributed by atoms with E-state index in [0.29, 0.717) is 5.56 Å². The van der Waals surface area contributed by atoms with Gasteiger partial charge in [-0.2, -0.15) is 22.0 Å². The van der Waals surface area contributed by atoms with E-state index in [1.54, 1.807) is 25.7 Å². The first-order valence-electron chi connectivity index (χ1n) is 9.67. The molecule has 31 heavy (non-hydrogen) atoms. The molecule has 0 saturated carbocycles. The van der Waals surface area contributed by atoms with Crippen LogP contribution in [0.25, 0.3) is 0 Å². The van der Waals surface area contributed by atoms with Crippen molar-refractivity contribution in [2.75, 3.05) is 13.2 Å². The number of fused-ring (bicyclic) bond motifs is 2. The summed E-state index contributed by atoms with van der Waals surface area (Å²) in [6.07, 6.45) is -11.5. The Balaban J connectivity index is 1.76. The summed E-state index contributed by atoms with van der Waals surface area (Å²) in [6.45, 7) is 5.57. The van der Waals surface area contributed by atoms with Crippen molar-refractivity contribution in [2.24, 2.45) is 0 Å². The van der Waals surface area contributed by atoms with Gasteiger partial charge >= 0.3 is 18.4 Å². The van der Waals surface area contributed by atoms with Crippen molar-refractivity contribution in [3.05, 3.63) is 29.8 Å². The largest absolute Gasteiger partial charge is 0.499 e. The molecule has 174 valence electrons. The van der Waals surface area contributed by atoms with Gasteiger partial charge in [-0.15, -0.1) is 0 Å². The standard InChI is InChI=1S/C20H24F5NO5/c1-17(2,3)31-16(27)26-13-8-18(28,9-14(26)11-29-10-13)12-4-6-15(7-5-12)30-20(24,25)19(21,22)23/h4-7,13-14,28H,8-11H2,1-3H3. The topological polar surface area (TPSA) is 68.2 Å². The van der Waals surface area contributed by atoms with Gasteiger partial charge in [0.2, 0.25) is 0 Å². The molecule has 0 aliphatic carbocycles. The zero-order chi connectivity index (χ0) is 23.2. The Hall–Kier alpha value is -2.14. The molecule has 0 radical (unpaired) electrons. The van der Waals surface area contributed by atoms with Crippen LogP contribution in [0.1, 0.15) is 39.2 Å². The maximum atomic E-state index is 13.1. The first-order chi connectivity index (χ1) is 14.1. The molecule has 11 heteroatoms. The zero-order valence-electron chi connectivity index (χ0n) is 17.2. The van der Waals surface area contributed by atoms with E-state index in [4.69, 9.17) is 9.47 Å². The van der Waals surface area contributed by atoms with Crippen LogP contribution >= 0.6 is 0 Å². The van der Waals surface area contributed by atoms with Crippen molar-refractivity contribution in [1.82, 2.24) is 4.90 Å². The number of aliphatic hydroxyl groups is 1. The SMILES string of the molecule is CC(C)(C)OC(=O)N1C2COCC1CC(O)(c1ccc(OC(F)(F)C(F)(F)F)cc1)C2. The molecule has 2 bridgehead atoms. The number of rotatable bonds is 3. The molecule has 1 amide bonds. The quantitative estimate of drug-likeness (QED) is 0.695. The number of ether oxygens (including phenoxy) is 3. The van der Waals surface area contributed by atoms with Crippen molar-refractivity contribution >= 4 is 6.09 Å². The number of halogens is 5. The molecule has 2 unspecified atom stereocenters. The highest BCUT2D eigenvalue weighted by Gasteiger charge is 2.61. The Morgan fingerprint density at radius 2 is 1.58 bits per heavy atom. The van der Waals surface area contributed by atoms with Crippen LogP contribution in [0.3, 0.4) is 0 Å². The normalized spacial score (nSPS) is 27.1. The van der Waals surface area contributed by atoms with Gasteiger partial charge in [-0.05, 0) is 38.5 Å². The number of carbonyl (C=O) groups excluding carboxylic acids is 1. The molecule has 2 aliphatic heterocycles. The Morgan fingerprint density at radius 3 is 2.03 bits per heavy atom. The van der Waals surface area contributed by atoms with Crippen LogP contribution < -0.4 is 4.74 Å². The minimum atomic E-state index is -5.85. The summed E-state index contributed by atoms with van der Waals surface area (Å²) in [7, 11) is 0. The van der Waals surface area contributed by atoms with E-state index < -0.39 is 47.4 Å². The monoisotopic (exact) mass is 453 g/mol. The van der Waals surface area contributed by atoms with Gasteiger partial charge in [0.25, 0.3) is 0 Å². The molecule has 1 aromatic rings. The number of benzene rings is 1. The smallest absolute Gasteiger partial charge is 0.444 e. The van der Waals surface area contributed by atoms with Gasteiger partial charge in [0.05, 0.1) is 30.9 Å². The highest BCUT2D eigenvalue weighted by atomic mass is 19.4. The number of piperidine rings is 1. The van der Waals surface area contributed by atoms with Gasteiger partial charge in [0.1, 0.15) is 11.4 Å². The van der Waals surface area contributed by atoms with E-state index >= 15 is 0 Å². The number of hydrogen-bond donors (Lipinski definition) is 1. The van der Waals surface area contributed by atoms with Crippen LogP contribution in [0.5, 0.6) is 5.75 Å². The highest BCUT2D eigenvalue weighted by molar-refractivity contribution is 5.69. The van der Waals surface area contributed by atoms with Gasteiger partial charge in [-0.3, -0.25) is 4.90 Å². The maximum absolute atomic E-state index is 13.1. The van der Waals surface area contributed by atoms with E-state index in [2.05, 4.69) is 4.74 Å². The second-order valence-electron chi connectivity index (χ2n) is 8.81. The molecule has 2 heterocycles. The summed E-state index contributed by atoms with van der Waals surface area (Å²) in [5.74, 6) is -0.690. The fraction of sp³-hybridized carbons (Fsp3) is 0.650. The molecule has 2 atom stereocenters. The molecule has 2 fully saturated rings. The van der Waals surface area contributed by atoms with Crippen LogP contribution in [0.2, 0.25) is 0 Å². The second kappa shape index (κ2) is 7.77. The summed E-state index contributed by atoms with van der Waals surface area (Å²) < 4.78 is 77.9.